The molecule has 5 nitrogen and oxygen atoms in total. The summed E-state index contributed by atoms with van der Waals surface area (Å²) in [6.07, 6.45) is 0.865. The van der Waals surface area contributed by atoms with Crippen LogP contribution >= 0.6 is 22.9 Å². The van der Waals surface area contributed by atoms with Crippen LogP contribution in [0.3, 0.4) is 0 Å². The second-order valence-corrected chi connectivity index (χ2v) is 9.00. The molecule has 158 valence electrons. The van der Waals surface area contributed by atoms with Gasteiger partial charge in [-0.3, -0.25) is 14.6 Å². The second-order valence-electron chi connectivity index (χ2n) is 7.62. The van der Waals surface area contributed by atoms with Crippen molar-refractivity contribution in [2.45, 2.75) is 20.3 Å². The summed E-state index contributed by atoms with van der Waals surface area (Å²) in [5.41, 5.74) is 3.78. The van der Waals surface area contributed by atoms with Gasteiger partial charge in [-0.25, -0.2) is 4.98 Å². The number of amides is 1. The van der Waals surface area contributed by atoms with Gasteiger partial charge in [-0.1, -0.05) is 47.2 Å². The van der Waals surface area contributed by atoms with E-state index in [1.807, 2.05) is 12.1 Å². The van der Waals surface area contributed by atoms with Gasteiger partial charge in [0.1, 0.15) is 0 Å². The smallest absolute Gasteiger partial charge is 0.261 e. The molecule has 30 heavy (non-hydrogen) atoms. The van der Waals surface area contributed by atoms with E-state index in [2.05, 4.69) is 30.9 Å². The van der Waals surface area contributed by atoms with Crippen molar-refractivity contribution in [3.8, 4) is 0 Å². The lowest BCUT2D eigenvalue weighted by atomic mass is 10.1. The van der Waals surface area contributed by atoms with Crippen molar-refractivity contribution in [2.75, 3.05) is 44.3 Å². The summed E-state index contributed by atoms with van der Waals surface area (Å²) in [5.74, 6) is -0.100. The van der Waals surface area contributed by atoms with Crippen LogP contribution in [0.25, 0.3) is 10.2 Å². The van der Waals surface area contributed by atoms with Crippen molar-refractivity contribution >= 4 is 44.2 Å². The third kappa shape index (κ3) is 4.52. The molecule has 0 N–H and O–H groups in total. The van der Waals surface area contributed by atoms with E-state index in [1.165, 1.54) is 5.56 Å². The molecule has 2 heterocycles. The van der Waals surface area contributed by atoms with Crippen LogP contribution in [0.1, 0.15) is 27.9 Å². The molecule has 0 aliphatic carbocycles. The zero-order valence-corrected chi connectivity index (χ0v) is 18.9. The minimum atomic E-state index is -0.100. The maximum absolute atomic E-state index is 13.5. The Morgan fingerprint density at radius 3 is 2.63 bits per heavy atom. The molecule has 0 saturated carbocycles. The SMILES string of the molecule is Cc1ccc(C)c2sc(N(CCCN3CCOCC3)C(=O)c3ccccc3Cl)nc12. The summed E-state index contributed by atoms with van der Waals surface area (Å²) in [6, 6.07) is 11.4. The Bertz CT molecular complexity index is 1010. The van der Waals surface area contributed by atoms with Crippen LogP contribution in [-0.2, 0) is 4.74 Å². The monoisotopic (exact) mass is 443 g/mol. The normalized spacial score (nSPS) is 14.9. The molecule has 0 spiro atoms. The van der Waals surface area contributed by atoms with Gasteiger partial charge in [-0.2, -0.15) is 0 Å². The summed E-state index contributed by atoms with van der Waals surface area (Å²) >= 11 is 7.93. The summed E-state index contributed by atoms with van der Waals surface area (Å²) < 4.78 is 6.57. The zero-order chi connectivity index (χ0) is 21.1. The molecule has 0 atom stereocenters. The van der Waals surface area contributed by atoms with E-state index >= 15 is 0 Å². The molecule has 1 aliphatic rings. The highest BCUT2D eigenvalue weighted by molar-refractivity contribution is 7.22. The van der Waals surface area contributed by atoms with Crippen molar-refractivity contribution in [1.82, 2.24) is 9.88 Å². The molecule has 1 saturated heterocycles. The summed E-state index contributed by atoms with van der Waals surface area (Å²) in [6.45, 7) is 9.11. The third-order valence-corrected chi connectivity index (χ3v) is 7.01. The number of carbonyl (C=O) groups excluding carboxylic acids is 1. The Hall–Kier alpha value is -1.99. The number of hydrogen-bond acceptors (Lipinski definition) is 5. The second kappa shape index (κ2) is 9.43. The molecule has 0 unspecified atom stereocenters. The fourth-order valence-corrected chi connectivity index (χ4v) is 5.06. The number of ether oxygens (including phenoxy) is 1. The van der Waals surface area contributed by atoms with Crippen molar-refractivity contribution in [2.24, 2.45) is 0 Å². The molecule has 0 bridgehead atoms. The molecule has 0 radical (unpaired) electrons. The van der Waals surface area contributed by atoms with Gasteiger partial charge in [0, 0.05) is 26.2 Å². The van der Waals surface area contributed by atoms with Crippen molar-refractivity contribution in [1.29, 1.82) is 0 Å². The first kappa shape index (κ1) is 21.2. The van der Waals surface area contributed by atoms with Crippen LogP contribution in [0.5, 0.6) is 0 Å². The Balaban J connectivity index is 1.63. The van der Waals surface area contributed by atoms with E-state index in [1.54, 1.807) is 28.4 Å². The highest BCUT2D eigenvalue weighted by Crippen LogP contribution is 2.34. The Morgan fingerprint density at radius 1 is 1.17 bits per heavy atom. The third-order valence-electron chi connectivity index (χ3n) is 5.47. The number of thiazole rings is 1. The van der Waals surface area contributed by atoms with Crippen LogP contribution < -0.4 is 4.90 Å². The van der Waals surface area contributed by atoms with Crippen LogP contribution in [0, 0.1) is 13.8 Å². The van der Waals surface area contributed by atoms with Crippen molar-refractivity contribution < 1.29 is 9.53 Å². The number of anilines is 1. The fourth-order valence-electron chi connectivity index (χ4n) is 3.70. The Labute approximate surface area is 186 Å². The Morgan fingerprint density at radius 2 is 1.90 bits per heavy atom. The van der Waals surface area contributed by atoms with Crippen LogP contribution in [0.15, 0.2) is 36.4 Å². The van der Waals surface area contributed by atoms with Gasteiger partial charge in [0.05, 0.1) is 34.0 Å². The van der Waals surface area contributed by atoms with Gasteiger partial charge < -0.3 is 4.74 Å². The summed E-state index contributed by atoms with van der Waals surface area (Å²) in [7, 11) is 0. The van der Waals surface area contributed by atoms with E-state index in [0.717, 1.165) is 60.2 Å². The van der Waals surface area contributed by atoms with Crippen molar-refractivity contribution in [3.05, 3.63) is 58.1 Å². The maximum Gasteiger partial charge on any atom is 0.261 e. The number of hydrogen-bond donors (Lipinski definition) is 0. The first-order valence-electron chi connectivity index (χ1n) is 10.3. The molecule has 4 rings (SSSR count). The van der Waals surface area contributed by atoms with Gasteiger partial charge in [0.15, 0.2) is 5.13 Å². The molecular formula is C23H26ClN3O2S. The molecule has 1 aliphatic heterocycles. The molecule has 3 aromatic rings. The summed E-state index contributed by atoms with van der Waals surface area (Å²) in [5, 5.41) is 1.20. The predicted octanol–water partition coefficient (Wildman–Crippen LogP) is 4.94. The number of carbonyl (C=O) groups is 1. The van der Waals surface area contributed by atoms with Gasteiger partial charge in [0.2, 0.25) is 0 Å². The zero-order valence-electron chi connectivity index (χ0n) is 17.4. The van der Waals surface area contributed by atoms with Gasteiger partial charge in [0.25, 0.3) is 5.91 Å². The van der Waals surface area contributed by atoms with Crippen LogP contribution in [-0.4, -0.2) is 55.2 Å². The molecule has 2 aromatic carbocycles. The van der Waals surface area contributed by atoms with Gasteiger partial charge >= 0.3 is 0 Å². The quantitative estimate of drug-likeness (QED) is 0.541. The maximum atomic E-state index is 13.5. The number of rotatable bonds is 6. The number of halogens is 1. The predicted molar refractivity (Wildman–Crippen MR) is 124 cm³/mol. The summed E-state index contributed by atoms with van der Waals surface area (Å²) in [4.78, 5) is 22.5. The van der Waals surface area contributed by atoms with Crippen LogP contribution in [0.2, 0.25) is 5.02 Å². The Kier molecular flexibility index (Phi) is 6.68. The van der Waals surface area contributed by atoms with E-state index in [9.17, 15) is 4.79 Å². The minimum absolute atomic E-state index is 0.100. The van der Waals surface area contributed by atoms with Gasteiger partial charge in [-0.15, -0.1) is 0 Å². The molecule has 1 fully saturated rings. The molecular weight excluding hydrogens is 418 g/mol. The first-order chi connectivity index (χ1) is 14.5. The largest absolute Gasteiger partial charge is 0.379 e. The average molecular weight is 444 g/mol. The highest BCUT2D eigenvalue weighted by Gasteiger charge is 2.24. The lowest BCUT2D eigenvalue weighted by Crippen LogP contribution is -2.39. The topological polar surface area (TPSA) is 45.7 Å². The number of aromatic nitrogens is 1. The highest BCUT2D eigenvalue weighted by atomic mass is 35.5. The van der Waals surface area contributed by atoms with E-state index < -0.39 is 0 Å². The van der Waals surface area contributed by atoms with Gasteiger partial charge in [-0.05, 0) is 43.5 Å². The number of morpholine rings is 1. The molecule has 7 heteroatoms. The van der Waals surface area contributed by atoms with Crippen molar-refractivity contribution in [3.63, 3.8) is 0 Å². The number of nitrogens with zero attached hydrogens (tertiary/aromatic N) is 3. The number of aryl methyl sites for hydroxylation is 2. The number of fused-ring (bicyclic) bond motifs is 1. The standard InChI is InChI=1S/C23H26ClN3O2S/c1-16-8-9-17(2)21-20(16)25-23(30-21)27(11-5-10-26-12-14-29-15-13-26)22(28)18-6-3-4-7-19(18)24/h3-4,6-9H,5,10-15H2,1-2H3. The lowest BCUT2D eigenvalue weighted by molar-refractivity contribution is 0.0376. The van der Waals surface area contributed by atoms with E-state index in [4.69, 9.17) is 21.3 Å². The van der Waals surface area contributed by atoms with E-state index in [0.29, 0.717) is 17.1 Å². The molecule has 1 amide bonds. The first-order valence-corrected chi connectivity index (χ1v) is 11.5. The average Bonchev–Trinajstić information content (AvgIpc) is 3.21. The fraction of sp³-hybridized carbons (Fsp3) is 0.391. The lowest BCUT2D eigenvalue weighted by Gasteiger charge is -2.27. The van der Waals surface area contributed by atoms with Crippen LogP contribution in [0.4, 0.5) is 5.13 Å². The number of benzene rings is 2. The minimum Gasteiger partial charge on any atom is -0.379 e. The molecule has 1 aromatic heterocycles. The van der Waals surface area contributed by atoms with E-state index in [-0.39, 0.29) is 5.91 Å².